The lowest BCUT2D eigenvalue weighted by atomic mass is 10.1. The Bertz CT molecular complexity index is 1040. The summed E-state index contributed by atoms with van der Waals surface area (Å²) in [5.74, 6) is 0.223. The molecule has 0 heterocycles. The SMILES string of the molecule is Cc1ccc(NC(=O)c2ccc(OC(=O)C(C)Oc3ccc(C)c(C)c3)cc2)cc1. The summed E-state index contributed by atoms with van der Waals surface area (Å²) in [6.45, 7) is 7.63. The molecule has 0 bridgehead atoms. The Kier molecular flexibility index (Phi) is 6.52. The van der Waals surface area contributed by atoms with E-state index in [0.29, 0.717) is 17.1 Å². The number of hydrogen-bond donors (Lipinski definition) is 1. The molecule has 154 valence electrons. The van der Waals surface area contributed by atoms with Gasteiger partial charge in [0.05, 0.1) is 0 Å². The molecule has 0 aliphatic heterocycles. The number of esters is 1. The molecule has 0 aliphatic rings. The van der Waals surface area contributed by atoms with E-state index in [1.54, 1.807) is 31.2 Å². The number of benzene rings is 3. The maximum atomic E-state index is 12.4. The van der Waals surface area contributed by atoms with E-state index < -0.39 is 12.1 Å². The fraction of sp³-hybridized carbons (Fsp3) is 0.200. The minimum atomic E-state index is -0.767. The Labute approximate surface area is 176 Å². The molecule has 0 saturated heterocycles. The molecular weight excluding hydrogens is 378 g/mol. The molecule has 3 rings (SSSR count). The largest absolute Gasteiger partial charge is 0.479 e. The van der Waals surface area contributed by atoms with Gasteiger partial charge in [-0.05, 0) is 87.4 Å². The average Bonchev–Trinajstić information content (AvgIpc) is 2.73. The third-order valence-corrected chi connectivity index (χ3v) is 4.77. The van der Waals surface area contributed by atoms with Crippen LogP contribution in [-0.4, -0.2) is 18.0 Å². The van der Waals surface area contributed by atoms with E-state index in [2.05, 4.69) is 5.32 Å². The summed E-state index contributed by atoms with van der Waals surface area (Å²) in [5.41, 5.74) is 4.56. The maximum Gasteiger partial charge on any atom is 0.352 e. The second kappa shape index (κ2) is 9.27. The lowest BCUT2D eigenvalue weighted by Gasteiger charge is -2.15. The van der Waals surface area contributed by atoms with Gasteiger partial charge in [0.25, 0.3) is 5.91 Å². The van der Waals surface area contributed by atoms with Crippen molar-refractivity contribution in [3.8, 4) is 11.5 Å². The second-order valence-corrected chi connectivity index (χ2v) is 7.27. The number of nitrogens with one attached hydrogen (secondary N) is 1. The van der Waals surface area contributed by atoms with Crippen LogP contribution in [0.4, 0.5) is 5.69 Å². The van der Waals surface area contributed by atoms with Crippen LogP contribution in [0.5, 0.6) is 11.5 Å². The molecule has 0 aliphatic carbocycles. The quantitative estimate of drug-likeness (QED) is 0.452. The summed E-state index contributed by atoms with van der Waals surface area (Å²) < 4.78 is 11.1. The fourth-order valence-electron chi connectivity index (χ4n) is 2.75. The van der Waals surface area contributed by atoms with E-state index in [1.807, 2.05) is 63.2 Å². The lowest BCUT2D eigenvalue weighted by molar-refractivity contribution is -0.141. The van der Waals surface area contributed by atoms with Gasteiger partial charge >= 0.3 is 5.97 Å². The number of rotatable bonds is 6. The Morgan fingerprint density at radius 3 is 2.07 bits per heavy atom. The molecule has 0 fully saturated rings. The van der Waals surface area contributed by atoms with Gasteiger partial charge in [-0.2, -0.15) is 0 Å². The lowest BCUT2D eigenvalue weighted by Crippen LogP contribution is -2.28. The molecule has 1 amide bonds. The molecule has 1 N–H and O–H groups in total. The van der Waals surface area contributed by atoms with E-state index >= 15 is 0 Å². The predicted octanol–water partition coefficient (Wildman–Crippen LogP) is 5.24. The standard InChI is InChI=1S/C25H25NO4/c1-16-5-10-21(11-6-16)26-24(27)20-8-13-22(14-9-20)30-25(28)19(4)29-23-12-7-17(2)18(3)15-23/h5-15,19H,1-4H3,(H,26,27). The molecule has 0 spiro atoms. The summed E-state index contributed by atoms with van der Waals surface area (Å²) in [6.07, 6.45) is -0.767. The van der Waals surface area contributed by atoms with E-state index in [9.17, 15) is 9.59 Å². The highest BCUT2D eigenvalue weighted by atomic mass is 16.6. The fourth-order valence-corrected chi connectivity index (χ4v) is 2.75. The van der Waals surface area contributed by atoms with Gasteiger partial charge in [0.15, 0.2) is 6.10 Å². The number of hydrogen-bond acceptors (Lipinski definition) is 4. The van der Waals surface area contributed by atoms with E-state index in [4.69, 9.17) is 9.47 Å². The molecule has 0 aromatic heterocycles. The smallest absolute Gasteiger partial charge is 0.352 e. The highest BCUT2D eigenvalue weighted by Crippen LogP contribution is 2.19. The van der Waals surface area contributed by atoms with Crippen LogP contribution in [0.3, 0.4) is 0 Å². The zero-order valence-electron chi connectivity index (χ0n) is 17.6. The molecule has 1 atom stereocenters. The zero-order chi connectivity index (χ0) is 21.7. The Morgan fingerprint density at radius 2 is 1.43 bits per heavy atom. The minimum Gasteiger partial charge on any atom is -0.479 e. The third-order valence-electron chi connectivity index (χ3n) is 4.77. The molecule has 5 heteroatoms. The van der Waals surface area contributed by atoms with Crippen molar-refractivity contribution in [2.24, 2.45) is 0 Å². The maximum absolute atomic E-state index is 12.4. The van der Waals surface area contributed by atoms with Crippen LogP contribution in [0.2, 0.25) is 0 Å². The topological polar surface area (TPSA) is 64.6 Å². The molecule has 3 aromatic carbocycles. The summed E-state index contributed by atoms with van der Waals surface area (Å²) in [7, 11) is 0. The molecule has 3 aromatic rings. The summed E-state index contributed by atoms with van der Waals surface area (Å²) in [4.78, 5) is 24.7. The summed E-state index contributed by atoms with van der Waals surface area (Å²) in [6, 6.07) is 19.6. The van der Waals surface area contributed by atoms with Crippen molar-refractivity contribution in [2.45, 2.75) is 33.8 Å². The van der Waals surface area contributed by atoms with Gasteiger partial charge in [0.1, 0.15) is 11.5 Å². The first kappa shape index (κ1) is 21.1. The van der Waals surface area contributed by atoms with Crippen LogP contribution in [-0.2, 0) is 4.79 Å². The summed E-state index contributed by atoms with van der Waals surface area (Å²) in [5, 5.41) is 2.83. The van der Waals surface area contributed by atoms with Gasteiger partial charge in [-0.1, -0.05) is 23.8 Å². The normalized spacial score (nSPS) is 11.5. The van der Waals surface area contributed by atoms with Crippen LogP contribution in [0.25, 0.3) is 0 Å². The first-order chi connectivity index (χ1) is 14.3. The van der Waals surface area contributed by atoms with Crippen LogP contribution in [0.1, 0.15) is 34.0 Å². The highest BCUT2D eigenvalue weighted by Gasteiger charge is 2.18. The Morgan fingerprint density at radius 1 is 0.800 bits per heavy atom. The zero-order valence-corrected chi connectivity index (χ0v) is 17.6. The average molecular weight is 403 g/mol. The Hall–Kier alpha value is -3.60. The number of carbonyl (C=O) groups excluding carboxylic acids is 2. The summed E-state index contributed by atoms with van der Waals surface area (Å²) >= 11 is 0. The minimum absolute atomic E-state index is 0.233. The molecule has 0 saturated carbocycles. The van der Waals surface area contributed by atoms with Gasteiger partial charge in [0.2, 0.25) is 0 Å². The number of aryl methyl sites for hydroxylation is 3. The van der Waals surface area contributed by atoms with Crippen LogP contribution in [0, 0.1) is 20.8 Å². The van der Waals surface area contributed by atoms with Crippen molar-refractivity contribution in [2.75, 3.05) is 5.32 Å². The van der Waals surface area contributed by atoms with Crippen molar-refractivity contribution in [1.29, 1.82) is 0 Å². The first-order valence-corrected chi connectivity index (χ1v) is 9.75. The number of ether oxygens (including phenoxy) is 2. The van der Waals surface area contributed by atoms with E-state index in [-0.39, 0.29) is 5.91 Å². The van der Waals surface area contributed by atoms with Gasteiger partial charge < -0.3 is 14.8 Å². The van der Waals surface area contributed by atoms with E-state index in [1.165, 1.54) is 0 Å². The molecule has 30 heavy (non-hydrogen) atoms. The monoisotopic (exact) mass is 403 g/mol. The molecular formula is C25H25NO4. The van der Waals surface area contributed by atoms with Crippen LogP contribution >= 0.6 is 0 Å². The predicted molar refractivity (Wildman–Crippen MR) is 117 cm³/mol. The van der Waals surface area contributed by atoms with Gasteiger partial charge in [-0.25, -0.2) is 4.79 Å². The van der Waals surface area contributed by atoms with Crippen LogP contribution in [0.15, 0.2) is 66.7 Å². The van der Waals surface area contributed by atoms with Gasteiger partial charge in [0, 0.05) is 11.3 Å². The highest BCUT2D eigenvalue weighted by molar-refractivity contribution is 6.04. The second-order valence-electron chi connectivity index (χ2n) is 7.27. The van der Waals surface area contributed by atoms with Gasteiger partial charge in [-0.3, -0.25) is 4.79 Å². The number of anilines is 1. The Balaban J connectivity index is 1.57. The number of carbonyl (C=O) groups is 2. The molecule has 5 nitrogen and oxygen atoms in total. The van der Waals surface area contributed by atoms with E-state index in [0.717, 1.165) is 22.4 Å². The van der Waals surface area contributed by atoms with Gasteiger partial charge in [-0.15, -0.1) is 0 Å². The first-order valence-electron chi connectivity index (χ1n) is 9.75. The van der Waals surface area contributed by atoms with Crippen molar-refractivity contribution in [1.82, 2.24) is 0 Å². The molecule has 1 unspecified atom stereocenters. The van der Waals surface area contributed by atoms with Crippen molar-refractivity contribution in [3.63, 3.8) is 0 Å². The number of amides is 1. The van der Waals surface area contributed by atoms with Crippen molar-refractivity contribution < 1.29 is 19.1 Å². The van der Waals surface area contributed by atoms with Crippen LogP contribution < -0.4 is 14.8 Å². The van der Waals surface area contributed by atoms with Crippen molar-refractivity contribution >= 4 is 17.6 Å². The molecule has 0 radical (unpaired) electrons. The van der Waals surface area contributed by atoms with Crippen molar-refractivity contribution in [3.05, 3.63) is 89.0 Å². The third kappa shape index (κ3) is 5.47.